The lowest BCUT2D eigenvalue weighted by Crippen LogP contribution is -2.20. The van der Waals surface area contributed by atoms with E-state index in [-0.39, 0.29) is 11.3 Å². The van der Waals surface area contributed by atoms with Gasteiger partial charge >= 0.3 is 10.8 Å². The van der Waals surface area contributed by atoms with Gasteiger partial charge in [-0.25, -0.2) is 0 Å². The van der Waals surface area contributed by atoms with E-state index in [9.17, 15) is 9.59 Å². The Hall–Kier alpha value is -1.10. The highest BCUT2D eigenvalue weighted by Gasteiger charge is 2.21. The van der Waals surface area contributed by atoms with Crippen LogP contribution in [0.3, 0.4) is 0 Å². The fourth-order valence-corrected chi connectivity index (χ4v) is 3.37. The van der Waals surface area contributed by atoms with Gasteiger partial charge in [-0.2, -0.15) is 0 Å². The summed E-state index contributed by atoms with van der Waals surface area (Å²) in [5.74, 6) is -0.213. The van der Waals surface area contributed by atoms with Crippen LogP contribution >= 0.6 is 11.3 Å². The smallest absolute Gasteiger partial charge is 0.307 e. The van der Waals surface area contributed by atoms with E-state index in [1.807, 2.05) is 0 Å². The van der Waals surface area contributed by atoms with Crippen LogP contribution in [-0.2, 0) is 24.2 Å². The van der Waals surface area contributed by atoms with Gasteiger partial charge in [-0.15, -0.1) is 0 Å². The Bertz CT molecular complexity index is 460. The Morgan fingerprint density at radius 1 is 1.62 bits per heavy atom. The first kappa shape index (κ1) is 11.4. The number of hydrogen-bond donors (Lipinski definition) is 1. The van der Waals surface area contributed by atoms with Crippen molar-refractivity contribution in [3.63, 3.8) is 0 Å². The van der Waals surface area contributed by atoms with Crippen LogP contribution in [0.1, 0.15) is 30.3 Å². The number of hydrogen-bond acceptors (Lipinski definition) is 3. The molecule has 1 aliphatic rings. The Morgan fingerprint density at radius 3 is 3.06 bits per heavy atom. The molecule has 0 spiro atoms. The molecule has 0 amide bonds. The summed E-state index contributed by atoms with van der Waals surface area (Å²) in [5, 5.41) is 8.64. The van der Waals surface area contributed by atoms with E-state index in [4.69, 9.17) is 5.11 Å². The third-order valence-electron chi connectivity index (χ3n) is 3.04. The summed E-state index contributed by atoms with van der Waals surface area (Å²) in [6, 6.07) is 0. The second kappa shape index (κ2) is 4.41. The van der Waals surface area contributed by atoms with E-state index in [0.717, 1.165) is 29.8 Å². The van der Waals surface area contributed by atoms with E-state index in [0.29, 0.717) is 12.5 Å². The Labute approximate surface area is 97.5 Å². The lowest BCUT2D eigenvalue weighted by molar-refractivity contribution is -0.137. The van der Waals surface area contributed by atoms with Crippen LogP contribution in [0, 0.1) is 5.92 Å². The van der Waals surface area contributed by atoms with Crippen molar-refractivity contribution in [2.45, 2.75) is 39.2 Å². The van der Waals surface area contributed by atoms with Crippen LogP contribution in [0.25, 0.3) is 0 Å². The molecule has 1 aromatic rings. The molecule has 1 aliphatic carbocycles. The van der Waals surface area contributed by atoms with Crippen LogP contribution in [-0.4, -0.2) is 15.6 Å². The van der Waals surface area contributed by atoms with Gasteiger partial charge < -0.3 is 9.67 Å². The molecule has 0 saturated carbocycles. The second-order valence-electron chi connectivity index (χ2n) is 4.38. The standard InChI is InChI=1S/C11H15NO3S/c1-7-2-3-8-9(6-7)16-11(15)12(8)5-4-10(13)14/h7H,2-6H2,1H3,(H,13,14). The first-order chi connectivity index (χ1) is 7.58. The van der Waals surface area contributed by atoms with Crippen molar-refractivity contribution in [1.82, 2.24) is 4.57 Å². The van der Waals surface area contributed by atoms with Crippen LogP contribution in [0.5, 0.6) is 0 Å². The normalized spacial score (nSPS) is 19.4. The summed E-state index contributed by atoms with van der Waals surface area (Å²) in [7, 11) is 0. The largest absolute Gasteiger partial charge is 0.481 e. The zero-order valence-corrected chi connectivity index (χ0v) is 10.0. The fraction of sp³-hybridized carbons (Fsp3) is 0.636. The zero-order valence-electron chi connectivity index (χ0n) is 9.23. The van der Waals surface area contributed by atoms with E-state index in [2.05, 4.69) is 6.92 Å². The maximum Gasteiger partial charge on any atom is 0.307 e. The van der Waals surface area contributed by atoms with Crippen LogP contribution in [0.15, 0.2) is 4.79 Å². The Balaban J connectivity index is 2.25. The minimum atomic E-state index is -0.851. The summed E-state index contributed by atoms with van der Waals surface area (Å²) < 4.78 is 1.65. The minimum absolute atomic E-state index is 0.000324. The summed E-state index contributed by atoms with van der Waals surface area (Å²) in [5.41, 5.74) is 1.08. The van der Waals surface area contributed by atoms with Gasteiger partial charge in [0.2, 0.25) is 0 Å². The molecule has 0 aliphatic heterocycles. The second-order valence-corrected chi connectivity index (χ2v) is 5.43. The SMILES string of the molecule is CC1CCc2c(sc(=O)n2CCC(=O)O)C1. The first-order valence-corrected chi connectivity index (χ1v) is 6.32. The summed E-state index contributed by atoms with van der Waals surface area (Å²) >= 11 is 1.29. The molecular weight excluding hydrogens is 226 g/mol. The number of carboxylic acid groups (broad SMARTS) is 1. The topological polar surface area (TPSA) is 59.3 Å². The molecule has 0 fully saturated rings. The molecule has 88 valence electrons. The van der Waals surface area contributed by atoms with E-state index < -0.39 is 5.97 Å². The number of nitrogens with zero attached hydrogens (tertiary/aromatic N) is 1. The van der Waals surface area contributed by atoms with Gasteiger partial charge in [0.25, 0.3) is 0 Å². The van der Waals surface area contributed by atoms with Gasteiger partial charge in [0.15, 0.2) is 0 Å². The Kier molecular flexibility index (Phi) is 3.14. The van der Waals surface area contributed by atoms with Crippen molar-refractivity contribution in [3.8, 4) is 0 Å². The van der Waals surface area contributed by atoms with Gasteiger partial charge in [0.1, 0.15) is 0 Å². The van der Waals surface area contributed by atoms with Crippen LogP contribution in [0.2, 0.25) is 0 Å². The van der Waals surface area contributed by atoms with Crippen LogP contribution in [0.4, 0.5) is 0 Å². The highest BCUT2D eigenvalue weighted by Crippen LogP contribution is 2.27. The molecular formula is C11H15NO3S. The molecule has 2 rings (SSSR count). The molecule has 1 aromatic heterocycles. The Morgan fingerprint density at radius 2 is 2.38 bits per heavy atom. The quantitative estimate of drug-likeness (QED) is 0.872. The van der Waals surface area contributed by atoms with Crippen molar-refractivity contribution in [2.75, 3.05) is 0 Å². The van der Waals surface area contributed by atoms with Gasteiger partial charge in [-0.1, -0.05) is 18.3 Å². The molecule has 1 atom stereocenters. The molecule has 4 nitrogen and oxygen atoms in total. The molecule has 5 heteroatoms. The molecule has 0 bridgehead atoms. The lowest BCUT2D eigenvalue weighted by Gasteiger charge is -2.18. The maximum atomic E-state index is 11.7. The fourth-order valence-electron chi connectivity index (χ4n) is 2.15. The number of thiazole rings is 1. The summed E-state index contributed by atoms with van der Waals surface area (Å²) in [4.78, 5) is 23.4. The number of rotatable bonds is 3. The van der Waals surface area contributed by atoms with Gasteiger partial charge in [-0.3, -0.25) is 9.59 Å². The maximum absolute atomic E-state index is 11.7. The van der Waals surface area contributed by atoms with Crippen LogP contribution < -0.4 is 4.87 Å². The van der Waals surface area contributed by atoms with Crippen molar-refractivity contribution in [2.24, 2.45) is 5.92 Å². The first-order valence-electron chi connectivity index (χ1n) is 5.51. The minimum Gasteiger partial charge on any atom is -0.481 e. The lowest BCUT2D eigenvalue weighted by atomic mass is 9.93. The predicted molar refractivity (Wildman–Crippen MR) is 62.0 cm³/mol. The monoisotopic (exact) mass is 241 g/mol. The average molecular weight is 241 g/mol. The van der Waals surface area contributed by atoms with E-state index in [1.54, 1.807) is 4.57 Å². The number of fused-ring (bicyclic) bond motifs is 1. The molecule has 0 radical (unpaired) electrons. The van der Waals surface area contributed by atoms with Gasteiger partial charge in [-0.05, 0) is 25.2 Å². The predicted octanol–water partition coefficient (Wildman–Crippen LogP) is 1.51. The number of carbonyl (C=O) groups is 1. The van der Waals surface area contributed by atoms with Gasteiger partial charge in [0.05, 0.1) is 6.42 Å². The van der Waals surface area contributed by atoms with Crippen molar-refractivity contribution in [3.05, 3.63) is 20.2 Å². The van der Waals surface area contributed by atoms with E-state index >= 15 is 0 Å². The number of carboxylic acids is 1. The third kappa shape index (κ3) is 2.19. The summed E-state index contributed by atoms with van der Waals surface area (Å²) in [6.45, 7) is 2.50. The molecule has 1 N–H and O–H groups in total. The van der Waals surface area contributed by atoms with Crippen molar-refractivity contribution < 1.29 is 9.90 Å². The third-order valence-corrected chi connectivity index (χ3v) is 4.08. The van der Waals surface area contributed by atoms with E-state index in [1.165, 1.54) is 11.3 Å². The molecule has 1 heterocycles. The number of aliphatic carboxylic acids is 1. The average Bonchev–Trinajstić information content (AvgIpc) is 2.50. The molecule has 16 heavy (non-hydrogen) atoms. The molecule has 1 unspecified atom stereocenters. The number of aromatic nitrogens is 1. The van der Waals surface area contributed by atoms with Crippen molar-refractivity contribution >= 4 is 17.3 Å². The van der Waals surface area contributed by atoms with Gasteiger partial charge in [0, 0.05) is 17.1 Å². The summed E-state index contributed by atoms with van der Waals surface area (Å²) in [6.07, 6.45) is 3.00. The zero-order chi connectivity index (χ0) is 11.7. The molecule has 0 aromatic carbocycles. The highest BCUT2D eigenvalue weighted by atomic mass is 32.1. The highest BCUT2D eigenvalue weighted by molar-refractivity contribution is 7.09. The molecule has 0 saturated heterocycles. The van der Waals surface area contributed by atoms with Crippen molar-refractivity contribution in [1.29, 1.82) is 0 Å².